The largest absolute Gasteiger partial charge is 0.497 e. The summed E-state index contributed by atoms with van der Waals surface area (Å²) in [6.45, 7) is 1.42. The summed E-state index contributed by atoms with van der Waals surface area (Å²) in [7, 11) is 1.57. The minimum Gasteiger partial charge on any atom is -0.497 e. The van der Waals surface area contributed by atoms with E-state index in [0.717, 1.165) is 0 Å². The number of carbonyl (C=O) groups is 3. The van der Waals surface area contributed by atoms with Crippen LogP contribution in [0.5, 0.6) is 17.2 Å². The van der Waals surface area contributed by atoms with E-state index in [2.05, 4.69) is 5.32 Å². The molecule has 1 unspecified atom stereocenters. The number of hydrogen-bond donors (Lipinski definition) is 1. The predicted octanol–water partition coefficient (Wildman–Crippen LogP) is 2.98. The van der Waals surface area contributed by atoms with Gasteiger partial charge in [0.25, 0.3) is 5.91 Å². The number of nitrogens with one attached hydrogen (secondary N) is 1. The van der Waals surface area contributed by atoms with Gasteiger partial charge in [0.05, 0.1) is 25.6 Å². The van der Waals surface area contributed by atoms with Gasteiger partial charge in [-0.2, -0.15) is 0 Å². The van der Waals surface area contributed by atoms with Gasteiger partial charge in [-0.05, 0) is 61.5 Å². The summed E-state index contributed by atoms with van der Waals surface area (Å²) in [5.41, 5.74) is 0.686. The highest BCUT2D eigenvalue weighted by Gasteiger charge is 2.33. The third-order valence-corrected chi connectivity index (χ3v) is 5.37. The first kappa shape index (κ1) is 22.9. The Labute approximate surface area is 196 Å². The lowest BCUT2D eigenvalue weighted by atomic mass is 10.1. The van der Waals surface area contributed by atoms with Gasteiger partial charge in [0.2, 0.25) is 5.91 Å². The molecule has 2 amide bonds. The Kier molecular flexibility index (Phi) is 6.82. The molecule has 9 heteroatoms. The van der Waals surface area contributed by atoms with Crippen molar-refractivity contribution in [3.63, 3.8) is 0 Å². The molecule has 0 spiro atoms. The molecule has 34 heavy (non-hydrogen) atoms. The fraction of sp³-hybridized carbons (Fsp3) is 0.240. The molecule has 176 valence electrons. The Morgan fingerprint density at radius 1 is 1.12 bits per heavy atom. The van der Waals surface area contributed by atoms with Crippen LogP contribution in [0.1, 0.15) is 23.0 Å². The van der Waals surface area contributed by atoms with Gasteiger partial charge in [0.15, 0.2) is 19.0 Å². The maximum atomic E-state index is 12.8. The van der Waals surface area contributed by atoms with Gasteiger partial charge in [-0.3, -0.25) is 19.3 Å². The average molecular weight is 464 g/mol. The quantitative estimate of drug-likeness (QED) is 0.485. The molecule has 0 saturated heterocycles. The minimum absolute atomic E-state index is 0.195. The van der Waals surface area contributed by atoms with Crippen LogP contribution in [0.4, 0.5) is 5.69 Å². The number of furan rings is 1. The van der Waals surface area contributed by atoms with Gasteiger partial charge in [-0.15, -0.1) is 0 Å². The van der Waals surface area contributed by atoms with Crippen molar-refractivity contribution in [3.05, 3.63) is 72.2 Å². The van der Waals surface area contributed by atoms with Crippen LogP contribution in [0, 0.1) is 0 Å². The number of benzene rings is 2. The van der Waals surface area contributed by atoms with Crippen molar-refractivity contribution >= 4 is 23.3 Å². The number of fused-ring (bicyclic) bond motifs is 1. The number of anilines is 1. The molecular weight excluding hydrogens is 440 g/mol. The zero-order chi connectivity index (χ0) is 24.1. The van der Waals surface area contributed by atoms with Gasteiger partial charge in [0, 0.05) is 5.56 Å². The second kappa shape index (κ2) is 10.1. The van der Waals surface area contributed by atoms with Crippen LogP contribution in [0.3, 0.4) is 0 Å². The van der Waals surface area contributed by atoms with Gasteiger partial charge in [-0.1, -0.05) is 0 Å². The van der Waals surface area contributed by atoms with Gasteiger partial charge >= 0.3 is 0 Å². The van der Waals surface area contributed by atoms with Crippen molar-refractivity contribution < 1.29 is 33.0 Å². The molecule has 0 saturated carbocycles. The number of ether oxygens (including phenoxy) is 3. The number of ketones is 1. The number of carbonyl (C=O) groups excluding carboxylic acids is 3. The Bertz CT molecular complexity index is 1170. The summed E-state index contributed by atoms with van der Waals surface area (Å²) in [5, 5.41) is 2.75. The van der Waals surface area contributed by atoms with Crippen LogP contribution in [0.25, 0.3) is 0 Å². The van der Waals surface area contributed by atoms with E-state index in [9.17, 15) is 14.4 Å². The number of Topliss-reactive ketones (excluding diaryl/α,β-unsaturated/α-hetero) is 1. The van der Waals surface area contributed by atoms with E-state index in [1.807, 2.05) is 0 Å². The monoisotopic (exact) mass is 464 g/mol. The standard InChI is InChI=1S/C25H24N2O7/c1-16(25(30)26-13-20-4-3-11-32-20)27-21-12-17(5-10-23(21)34-15-24(27)29)22(28)14-33-19-8-6-18(31-2)7-9-19/h3-12,16H,13-15H2,1-2H3,(H,26,30). The number of methoxy groups -OCH3 is 1. The van der Waals surface area contributed by atoms with Crippen LogP contribution in [-0.4, -0.2) is 44.0 Å². The first-order chi connectivity index (χ1) is 16.5. The van der Waals surface area contributed by atoms with Crippen molar-refractivity contribution in [3.8, 4) is 17.2 Å². The fourth-order valence-corrected chi connectivity index (χ4v) is 3.53. The Balaban J connectivity index is 1.47. The third kappa shape index (κ3) is 5.03. The van der Waals surface area contributed by atoms with Gasteiger partial charge in [0.1, 0.15) is 29.1 Å². The van der Waals surface area contributed by atoms with Gasteiger partial charge in [-0.25, -0.2) is 0 Å². The first-order valence-corrected chi connectivity index (χ1v) is 10.7. The molecule has 9 nitrogen and oxygen atoms in total. The molecule has 0 radical (unpaired) electrons. The normalized spacial score (nSPS) is 13.5. The molecular formula is C25H24N2O7. The molecule has 1 atom stereocenters. The van der Waals surface area contributed by atoms with E-state index >= 15 is 0 Å². The van der Waals surface area contributed by atoms with Crippen molar-refractivity contribution in [2.24, 2.45) is 0 Å². The molecule has 0 aliphatic carbocycles. The summed E-state index contributed by atoms with van der Waals surface area (Å²) in [6.07, 6.45) is 1.52. The van der Waals surface area contributed by atoms with Crippen LogP contribution in [0.15, 0.2) is 65.3 Å². The molecule has 2 aromatic carbocycles. The molecule has 1 aliphatic rings. The first-order valence-electron chi connectivity index (χ1n) is 10.7. The SMILES string of the molecule is COc1ccc(OCC(=O)c2ccc3c(c2)N(C(C)C(=O)NCc2ccco2)C(=O)CO3)cc1. The Morgan fingerprint density at radius 2 is 1.88 bits per heavy atom. The lowest BCUT2D eigenvalue weighted by molar-refractivity contribution is -0.127. The summed E-state index contributed by atoms with van der Waals surface area (Å²) >= 11 is 0. The van der Waals surface area contributed by atoms with E-state index in [-0.39, 0.29) is 37.4 Å². The highest BCUT2D eigenvalue weighted by Crippen LogP contribution is 2.34. The van der Waals surface area contributed by atoms with Crippen LogP contribution in [-0.2, 0) is 16.1 Å². The fourth-order valence-electron chi connectivity index (χ4n) is 3.53. The predicted molar refractivity (Wildman–Crippen MR) is 122 cm³/mol. The molecule has 0 fully saturated rings. The van der Waals surface area contributed by atoms with Crippen LogP contribution in [0.2, 0.25) is 0 Å². The van der Waals surface area contributed by atoms with E-state index in [1.54, 1.807) is 68.6 Å². The van der Waals surface area contributed by atoms with Crippen molar-refractivity contribution in [2.45, 2.75) is 19.5 Å². The molecule has 1 aliphatic heterocycles. The molecule has 4 rings (SSSR count). The van der Waals surface area contributed by atoms with Crippen LogP contribution >= 0.6 is 0 Å². The number of nitrogens with zero attached hydrogens (tertiary/aromatic N) is 1. The lowest BCUT2D eigenvalue weighted by Gasteiger charge is -2.33. The third-order valence-electron chi connectivity index (χ3n) is 5.37. The molecule has 0 bridgehead atoms. The van der Waals surface area contributed by atoms with Crippen molar-refractivity contribution in [2.75, 3.05) is 25.2 Å². The highest BCUT2D eigenvalue weighted by atomic mass is 16.5. The van der Waals surface area contributed by atoms with E-state index in [4.69, 9.17) is 18.6 Å². The average Bonchev–Trinajstić information content (AvgIpc) is 3.39. The zero-order valence-corrected chi connectivity index (χ0v) is 18.8. The van der Waals surface area contributed by atoms with E-state index in [1.165, 1.54) is 11.2 Å². The Morgan fingerprint density at radius 3 is 2.59 bits per heavy atom. The second-order valence-corrected chi connectivity index (χ2v) is 7.60. The molecule has 1 N–H and O–H groups in total. The van der Waals surface area contributed by atoms with E-state index < -0.39 is 6.04 Å². The molecule has 1 aromatic heterocycles. The lowest BCUT2D eigenvalue weighted by Crippen LogP contribution is -2.51. The zero-order valence-electron chi connectivity index (χ0n) is 18.8. The maximum absolute atomic E-state index is 12.8. The number of amides is 2. The minimum atomic E-state index is -0.828. The van der Waals surface area contributed by atoms with Crippen molar-refractivity contribution in [1.29, 1.82) is 0 Å². The maximum Gasteiger partial charge on any atom is 0.265 e. The molecule has 2 heterocycles. The summed E-state index contributed by atoms with van der Waals surface area (Å²) in [5.74, 6) is 1.18. The number of rotatable bonds is 9. The topological polar surface area (TPSA) is 107 Å². The van der Waals surface area contributed by atoms with Crippen molar-refractivity contribution in [1.82, 2.24) is 5.32 Å². The van der Waals surface area contributed by atoms with E-state index in [0.29, 0.717) is 34.3 Å². The number of hydrogen-bond acceptors (Lipinski definition) is 7. The second-order valence-electron chi connectivity index (χ2n) is 7.60. The molecule has 3 aromatic rings. The van der Waals surface area contributed by atoms with Crippen LogP contribution < -0.4 is 24.4 Å². The van der Waals surface area contributed by atoms with Gasteiger partial charge < -0.3 is 23.9 Å². The summed E-state index contributed by atoms with van der Waals surface area (Å²) in [6, 6.07) is 14.3. The Hall–Kier alpha value is -4.27. The highest BCUT2D eigenvalue weighted by molar-refractivity contribution is 6.05. The smallest absolute Gasteiger partial charge is 0.265 e. The summed E-state index contributed by atoms with van der Waals surface area (Å²) in [4.78, 5) is 39.5. The summed E-state index contributed by atoms with van der Waals surface area (Å²) < 4.78 is 21.4.